The quantitative estimate of drug-likeness (QED) is 0.615. The van der Waals surface area contributed by atoms with E-state index in [9.17, 15) is 14.4 Å². The predicted molar refractivity (Wildman–Crippen MR) is 102 cm³/mol. The van der Waals surface area contributed by atoms with Gasteiger partial charge in [-0.25, -0.2) is 9.78 Å². The summed E-state index contributed by atoms with van der Waals surface area (Å²) in [5.41, 5.74) is -0.0215. The van der Waals surface area contributed by atoms with Gasteiger partial charge in [-0.15, -0.1) is 0 Å². The lowest BCUT2D eigenvalue weighted by Gasteiger charge is -2.36. The standard InChI is InChI=1S/C21H23N3O5/c1-14-7-5-6-10-21(14)19(26)24(20(27)23-21)12-18(25)28-13-17-22-11-16(29-17)15-8-3-2-4-9-15/h2-4,8-9,11,14H,5-7,10,12-13H2,1H3,(H,23,27)/t14-,21+/m0/s1. The smallest absolute Gasteiger partial charge is 0.326 e. The molecule has 8 nitrogen and oxygen atoms in total. The lowest BCUT2D eigenvalue weighted by molar-refractivity contribution is -0.150. The maximum atomic E-state index is 12.9. The number of urea groups is 1. The summed E-state index contributed by atoms with van der Waals surface area (Å²) < 4.78 is 10.8. The number of hydrogen-bond acceptors (Lipinski definition) is 6. The van der Waals surface area contributed by atoms with E-state index in [0.717, 1.165) is 29.7 Å². The third-order valence-corrected chi connectivity index (χ3v) is 5.76. The van der Waals surface area contributed by atoms with Gasteiger partial charge in [0.1, 0.15) is 12.1 Å². The first-order valence-electron chi connectivity index (χ1n) is 9.79. The zero-order valence-corrected chi connectivity index (χ0v) is 16.2. The van der Waals surface area contributed by atoms with Crippen LogP contribution in [-0.2, 0) is 20.9 Å². The lowest BCUT2D eigenvalue weighted by Crippen LogP contribution is -2.54. The molecule has 2 atom stereocenters. The Morgan fingerprint density at radius 2 is 2.10 bits per heavy atom. The lowest BCUT2D eigenvalue weighted by atomic mass is 9.73. The van der Waals surface area contributed by atoms with Crippen molar-refractivity contribution in [3.63, 3.8) is 0 Å². The zero-order valence-electron chi connectivity index (χ0n) is 16.2. The average Bonchev–Trinajstić information content (AvgIpc) is 3.29. The molecule has 152 valence electrons. The van der Waals surface area contributed by atoms with Gasteiger partial charge in [0.25, 0.3) is 5.91 Å². The Hall–Kier alpha value is -3.16. The fourth-order valence-corrected chi connectivity index (χ4v) is 4.07. The van der Waals surface area contributed by atoms with Crippen LogP contribution in [0.3, 0.4) is 0 Å². The topological polar surface area (TPSA) is 102 Å². The third-order valence-electron chi connectivity index (χ3n) is 5.76. The van der Waals surface area contributed by atoms with Gasteiger partial charge in [-0.05, 0) is 18.8 Å². The molecule has 3 amide bonds. The highest BCUT2D eigenvalue weighted by atomic mass is 16.5. The largest absolute Gasteiger partial charge is 0.454 e. The van der Waals surface area contributed by atoms with Crippen molar-refractivity contribution in [2.75, 3.05) is 6.54 Å². The van der Waals surface area contributed by atoms with E-state index in [0.29, 0.717) is 12.2 Å². The molecule has 0 bridgehead atoms. The number of rotatable bonds is 5. The number of nitrogens with one attached hydrogen (secondary N) is 1. The molecule has 2 heterocycles. The van der Waals surface area contributed by atoms with E-state index in [1.54, 1.807) is 6.20 Å². The first-order chi connectivity index (χ1) is 14.0. The summed E-state index contributed by atoms with van der Waals surface area (Å²) in [6, 6.07) is 8.90. The van der Waals surface area contributed by atoms with Gasteiger partial charge in [0.2, 0.25) is 5.89 Å². The molecule has 1 saturated heterocycles. The summed E-state index contributed by atoms with van der Waals surface area (Å²) in [5.74, 6) is -0.175. The Balaban J connectivity index is 1.35. The molecule has 1 N–H and O–H groups in total. The van der Waals surface area contributed by atoms with Crippen LogP contribution in [0.4, 0.5) is 4.79 Å². The Labute approximate surface area is 168 Å². The number of oxazole rings is 1. The van der Waals surface area contributed by atoms with E-state index in [4.69, 9.17) is 9.15 Å². The van der Waals surface area contributed by atoms with E-state index in [1.807, 2.05) is 37.3 Å². The van der Waals surface area contributed by atoms with Crippen molar-refractivity contribution in [2.24, 2.45) is 5.92 Å². The molecule has 1 aliphatic carbocycles. The molecule has 1 spiro atoms. The van der Waals surface area contributed by atoms with Gasteiger partial charge in [0, 0.05) is 5.56 Å². The van der Waals surface area contributed by atoms with Crippen molar-refractivity contribution in [1.82, 2.24) is 15.2 Å². The first-order valence-corrected chi connectivity index (χ1v) is 9.79. The van der Waals surface area contributed by atoms with Crippen molar-refractivity contribution < 1.29 is 23.5 Å². The molecule has 8 heteroatoms. The minimum atomic E-state index is -0.886. The molecular weight excluding hydrogens is 374 g/mol. The summed E-state index contributed by atoms with van der Waals surface area (Å²) >= 11 is 0. The van der Waals surface area contributed by atoms with E-state index in [1.165, 1.54) is 0 Å². The van der Waals surface area contributed by atoms with E-state index < -0.39 is 24.1 Å². The van der Waals surface area contributed by atoms with Crippen LogP contribution in [0.15, 0.2) is 40.9 Å². The Morgan fingerprint density at radius 1 is 1.31 bits per heavy atom. The molecule has 1 aromatic carbocycles. The van der Waals surface area contributed by atoms with E-state index >= 15 is 0 Å². The number of aromatic nitrogens is 1. The maximum Gasteiger partial charge on any atom is 0.326 e. The summed E-state index contributed by atoms with van der Waals surface area (Å²) in [5, 5.41) is 2.82. The van der Waals surface area contributed by atoms with E-state index in [-0.39, 0.29) is 24.3 Å². The number of benzene rings is 1. The maximum absolute atomic E-state index is 12.9. The summed E-state index contributed by atoms with van der Waals surface area (Å²) in [7, 11) is 0. The molecular formula is C21H23N3O5. The molecule has 4 rings (SSSR count). The van der Waals surface area contributed by atoms with Crippen LogP contribution >= 0.6 is 0 Å². The van der Waals surface area contributed by atoms with Crippen molar-refractivity contribution in [1.29, 1.82) is 0 Å². The number of ether oxygens (including phenoxy) is 1. The number of carbonyl (C=O) groups excluding carboxylic acids is 3. The van der Waals surface area contributed by atoms with Gasteiger partial charge in [0.05, 0.1) is 6.20 Å². The van der Waals surface area contributed by atoms with Crippen LogP contribution in [0.5, 0.6) is 0 Å². The van der Waals surface area contributed by atoms with Gasteiger partial charge in [-0.3, -0.25) is 14.5 Å². The van der Waals surface area contributed by atoms with Crippen molar-refractivity contribution in [2.45, 2.75) is 44.8 Å². The number of nitrogens with zero attached hydrogens (tertiary/aromatic N) is 2. The second-order valence-electron chi connectivity index (χ2n) is 7.58. The van der Waals surface area contributed by atoms with Crippen LogP contribution in [0.25, 0.3) is 11.3 Å². The molecule has 2 aromatic rings. The molecule has 1 saturated carbocycles. The fourth-order valence-electron chi connectivity index (χ4n) is 4.07. The Kier molecular flexibility index (Phi) is 5.08. The van der Waals surface area contributed by atoms with Gasteiger partial charge in [-0.1, -0.05) is 50.1 Å². The molecule has 0 radical (unpaired) electrons. The van der Waals surface area contributed by atoms with Gasteiger partial charge >= 0.3 is 12.0 Å². The third kappa shape index (κ3) is 3.62. The Morgan fingerprint density at radius 3 is 2.86 bits per heavy atom. The normalized spacial score (nSPS) is 24.0. The summed E-state index contributed by atoms with van der Waals surface area (Å²) in [4.78, 5) is 42.5. The number of amides is 3. The number of esters is 1. The second kappa shape index (κ2) is 7.69. The molecule has 0 unspecified atom stereocenters. The number of imide groups is 1. The van der Waals surface area contributed by atoms with Crippen LogP contribution in [-0.4, -0.2) is 39.9 Å². The monoisotopic (exact) mass is 397 g/mol. The summed E-state index contributed by atoms with van der Waals surface area (Å²) in [6.07, 6.45) is 4.95. The van der Waals surface area contributed by atoms with Crippen LogP contribution in [0.2, 0.25) is 0 Å². The van der Waals surface area contributed by atoms with Crippen molar-refractivity contribution in [3.8, 4) is 11.3 Å². The van der Waals surface area contributed by atoms with Crippen molar-refractivity contribution in [3.05, 3.63) is 42.4 Å². The number of carbonyl (C=O) groups is 3. The Bertz CT molecular complexity index is 925. The molecule has 2 fully saturated rings. The fraction of sp³-hybridized carbons (Fsp3) is 0.429. The molecule has 29 heavy (non-hydrogen) atoms. The summed E-state index contributed by atoms with van der Waals surface area (Å²) in [6.45, 7) is 1.37. The van der Waals surface area contributed by atoms with E-state index in [2.05, 4.69) is 10.3 Å². The molecule has 1 aliphatic heterocycles. The predicted octanol–water partition coefficient (Wildman–Crippen LogP) is 2.89. The molecule has 2 aliphatic rings. The highest BCUT2D eigenvalue weighted by Gasteiger charge is 2.55. The highest BCUT2D eigenvalue weighted by Crippen LogP contribution is 2.38. The van der Waals surface area contributed by atoms with Gasteiger partial charge in [-0.2, -0.15) is 0 Å². The second-order valence-corrected chi connectivity index (χ2v) is 7.58. The SMILES string of the molecule is C[C@H]1CCCC[C@@]12NC(=O)N(CC(=O)OCc1ncc(-c3ccccc3)o1)C2=O. The first kappa shape index (κ1) is 19.2. The zero-order chi connectivity index (χ0) is 20.4. The molecule has 1 aromatic heterocycles. The highest BCUT2D eigenvalue weighted by molar-refractivity contribution is 6.08. The number of hydrogen-bond donors (Lipinski definition) is 1. The van der Waals surface area contributed by atoms with Crippen molar-refractivity contribution >= 4 is 17.9 Å². The minimum Gasteiger partial charge on any atom is -0.454 e. The van der Waals surface area contributed by atoms with Crippen LogP contribution < -0.4 is 5.32 Å². The van der Waals surface area contributed by atoms with Crippen LogP contribution in [0, 0.1) is 5.92 Å². The average molecular weight is 397 g/mol. The van der Waals surface area contributed by atoms with Gasteiger partial charge < -0.3 is 14.5 Å². The van der Waals surface area contributed by atoms with Crippen LogP contribution in [0.1, 0.15) is 38.5 Å². The minimum absolute atomic E-state index is 0.0393. The van der Waals surface area contributed by atoms with Gasteiger partial charge in [0.15, 0.2) is 12.4 Å².